The average molecular weight is 292 g/mol. The normalized spacial score (nSPS) is 13.9. The second-order valence-corrected chi connectivity index (χ2v) is 5.53. The van der Waals surface area contributed by atoms with Crippen LogP contribution in [0.4, 0.5) is 4.79 Å². The summed E-state index contributed by atoms with van der Waals surface area (Å²) in [6.45, 7) is 1.31. The molecule has 110 valence electrons. The summed E-state index contributed by atoms with van der Waals surface area (Å²) in [5.74, 6) is 0.580. The number of benzene rings is 2. The van der Waals surface area contributed by atoms with Crippen LogP contribution >= 0.6 is 0 Å². The zero-order chi connectivity index (χ0) is 14.9. The number of hydrogen-bond donors (Lipinski definition) is 1. The van der Waals surface area contributed by atoms with E-state index in [9.17, 15) is 4.79 Å². The monoisotopic (exact) mass is 292 g/mol. The van der Waals surface area contributed by atoms with Gasteiger partial charge in [-0.05, 0) is 41.8 Å². The number of aromatic amines is 1. The van der Waals surface area contributed by atoms with Crippen LogP contribution < -0.4 is 4.74 Å². The van der Waals surface area contributed by atoms with Gasteiger partial charge in [0, 0.05) is 30.2 Å². The molecule has 22 heavy (non-hydrogen) atoms. The van der Waals surface area contributed by atoms with Crippen LogP contribution in [0.5, 0.6) is 5.75 Å². The van der Waals surface area contributed by atoms with Crippen molar-refractivity contribution in [3.05, 3.63) is 65.9 Å². The number of amides is 1. The van der Waals surface area contributed by atoms with Crippen molar-refractivity contribution < 1.29 is 9.53 Å². The summed E-state index contributed by atoms with van der Waals surface area (Å²) in [5, 5.41) is 1.04. The number of nitrogens with zero attached hydrogens (tertiary/aromatic N) is 1. The van der Waals surface area contributed by atoms with Crippen molar-refractivity contribution in [1.82, 2.24) is 9.88 Å². The van der Waals surface area contributed by atoms with Crippen LogP contribution in [0.1, 0.15) is 11.1 Å². The first-order chi connectivity index (χ1) is 10.8. The number of H-pyrrole nitrogens is 1. The summed E-state index contributed by atoms with van der Waals surface area (Å²) in [7, 11) is 0. The molecule has 2 aromatic carbocycles. The zero-order valence-corrected chi connectivity index (χ0v) is 12.1. The van der Waals surface area contributed by atoms with Crippen molar-refractivity contribution >= 4 is 17.0 Å². The van der Waals surface area contributed by atoms with E-state index in [1.54, 1.807) is 4.90 Å². The molecule has 1 N–H and O–H groups in total. The highest BCUT2D eigenvalue weighted by atomic mass is 16.6. The average Bonchev–Trinajstić information content (AvgIpc) is 3.02. The predicted octanol–water partition coefficient (Wildman–Crippen LogP) is 3.73. The third-order valence-electron chi connectivity index (χ3n) is 4.12. The lowest BCUT2D eigenvalue weighted by atomic mass is 10.0. The summed E-state index contributed by atoms with van der Waals surface area (Å²) >= 11 is 0. The lowest BCUT2D eigenvalue weighted by molar-refractivity contribution is 0.147. The number of ether oxygens (including phenoxy) is 1. The Morgan fingerprint density at radius 3 is 2.86 bits per heavy atom. The molecule has 4 nitrogen and oxygen atoms in total. The molecule has 0 atom stereocenters. The van der Waals surface area contributed by atoms with Gasteiger partial charge in [0.25, 0.3) is 0 Å². The maximum absolute atomic E-state index is 12.3. The largest absolute Gasteiger partial charge is 0.415 e. The molecule has 1 aliphatic heterocycles. The Kier molecular flexibility index (Phi) is 3.07. The minimum atomic E-state index is -0.288. The summed E-state index contributed by atoms with van der Waals surface area (Å²) in [6, 6.07) is 15.8. The summed E-state index contributed by atoms with van der Waals surface area (Å²) in [6.07, 6.45) is 2.46. The van der Waals surface area contributed by atoms with Crippen LogP contribution in [0, 0.1) is 0 Å². The molecular formula is C18H16N2O2. The lowest BCUT2D eigenvalue weighted by Gasteiger charge is -2.27. The Morgan fingerprint density at radius 1 is 1.09 bits per heavy atom. The minimum Gasteiger partial charge on any atom is -0.410 e. The third-order valence-corrected chi connectivity index (χ3v) is 4.12. The fourth-order valence-electron chi connectivity index (χ4n) is 2.91. The Bertz CT molecular complexity index is 838. The molecule has 0 radical (unpaired) electrons. The van der Waals surface area contributed by atoms with E-state index in [0.29, 0.717) is 18.8 Å². The van der Waals surface area contributed by atoms with Gasteiger partial charge in [-0.1, -0.05) is 24.3 Å². The van der Waals surface area contributed by atoms with E-state index >= 15 is 0 Å². The second-order valence-electron chi connectivity index (χ2n) is 5.53. The van der Waals surface area contributed by atoms with Gasteiger partial charge < -0.3 is 14.6 Å². The van der Waals surface area contributed by atoms with E-state index in [1.165, 1.54) is 11.1 Å². The SMILES string of the molecule is O=C(Oc1ccc2[nH]ccc2c1)N1CCc2ccccc2C1. The van der Waals surface area contributed by atoms with Crippen molar-refractivity contribution in [3.63, 3.8) is 0 Å². The second kappa shape index (κ2) is 5.22. The standard InChI is InChI=1S/C18H16N2O2/c21-18(20-10-8-13-3-1-2-4-15(13)12-20)22-16-5-6-17-14(11-16)7-9-19-17/h1-7,9,11,19H,8,10,12H2. The van der Waals surface area contributed by atoms with Gasteiger partial charge in [0.1, 0.15) is 5.75 Å². The Labute approximate surface area is 128 Å². The molecule has 3 aromatic rings. The van der Waals surface area contributed by atoms with Crippen LogP contribution in [-0.4, -0.2) is 22.5 Å². The van der Waals surface area contributed by atoms with Gasteiger partial charge in [0.05, 0.1) is 0 Å². The first kappa shape index (κ1) is 13.0. The predicted molar refractivity (Wildman–Crippen MR) is 84.9 cm³/mol. The van der Waals surface area contributed by atoms with Gasteiger partial charge >= 0.3 is 6.09 Å². The summed E-state index contributed by atoms with van der Waals surface area (Å²) < 4.78 is 5.52. The quantitative estimate of drug-likeness (QED) is 0.743. The fourth-order valence-corrected chi connectivity index (χ4v) is 2.91. The molecule has 4 heteroatoms. The van der Waals surface area contributed by atoms with Gasteiger partial charge in [0.2, 0.25) is 0 Å². The van der Waals surface area contributed by atoms with Crippen molar-refractivity contribution in [2.24, 2.45) is 0 Å². The molecule has 2 heterocycles. The number of carbonyl (C=O) groups excluding carboxylic acids is 1. The molecule has 0 aliphatic carbocycles. The first-order valence-electron chi connectivity index (χ1n) is 7.40. The maximum atomic E-state index is 12.3. The van der Waals surface area contributed by atoms with E-state index in [-0.39, 0.29) is 6.09 Å². The molecule has 1 amide bonds. The molecule has 0 unspecified atom stereocenters. The molecular weight excluding hydrogens is 276 g/mol. The first-order valence-corrected chi connectivity index (χ1v) is 7.40. The highest BCUT2D eigenvalue weighted by Gasteiger charge is 2.21. The van der Waals surface area contributed by atoms with Crippen molar-refractivity contribution in [3.8, 4) is 5.75 Å². The smallest absolute Gasteiger partial charge is 0.410 e. The van der Waals surface area contributed by atoms with Gasteiger partial charge in [0.15, 0.2) is 0 Å². The maximum Gasteiger partial charge on any atom is 0.415 e. The lowest BCUT2D eigenvalue weighted by Crippen LogP contribution is -2.37. The fraction of sp³-hybridized carbons (Fsp3) is 0.167. The molecule has 4 rings (SSSR count). The zero-order valence-electron chi connectivity index (χ0n) is 12.1. The van der Waals surface area contributed by atoms with Gasteiger partial charge in [-0.3, -0.25) is 0 Å². The molecule has 0 fully saturated rings. The van der Waals surface area contributed by atoms with Crippen molar-refractivity contribution in [1.29, 1.82) is 0 Å². The number of hydrogen-bond acceptors (Lipinski definition) is 2. The topological polar surface area (TPSA) is 45.3 Å². The van der Waals surface area contributed by atoms with E-state index in [0.717, 1.165) is 17.3 Å². The molecule has 0 saturated carbocycles. The number of aromatic nitrogens is 1. The van der Waals surface area contributed by atoms with E-state index in [1.807, 2.05) is 42.6 Å². The van der Waals surface area contributed by atoms with Crippen molar-refractivity contribution in [2.45, 2.75) is 13.0 Å². The molecule has 0 saturated heterocycles. The van der Waals surface area contributed by atoms with Crippen LogP contribution in [-0.2, 0) is 13.0 Å². The highest BCUT2D eigenvalue weighted by molar-refractivity contribution is 5.82. The molecule has 0 bridgehead atoms. The highest BCUT2D eigenvalue weighted by Crippen LogP contribution is 2.22. The van der Waals surface area contributed by atoms with E-state index in [2.05, 4.69) is 17.1 Å². The Balaban J connectivity index is 1.50. The summed E-state index contributed by atoms with van der Waals surface area (Å²) in [5.41, 5.74) is 3.55. The number of fused-ring (bicyclic) bond motifs is 2. The third kappa shape index (κ3) is 2.33. The number of rotatable bonds is 1. The van der Waals surface area contributed by atoms with Gasteiger partial charge in [-0.25, -0.2) is 4.79 Å². The van der Waals surface area contributed by atoms with E-state index < -0.39 is 0 Å². The van der Waals surface area contributed by atoms with Gasteiger partial charge in [-0.2, -0.15) is 0 Å². The molecule has 1 aromatic heterocycles. The Morgan fingerprint density at radius 2 is 1.95 bits per heavy atom. The van der Waals surface area contributed by atoms with Crippen molar-refractivity contribution in [2.75, 3.05) is 6.54 Å². The van der Waals surface area contributed by atoms with Crippen LogP contribution in [0.3, 0.4) is 0 Å². The Hall–Kier alpha value is -2.75. The van der Waals surface area contributed by atoms with E-state index in [4.69, 9.17) is 4.74 Å². The molecule has 1 aliphatic rings. The minimum absolute atomic E-state index is 0.288. The molecule has 0 spiro atoms. The number of carbonyl (C=O) groups is 1. The van der Waals surface area contributed by atoms with Crippen LogP contribution in [0.2, 0.25) is 0 Å². The van der Waals surface area contributed by atoms with Crippen LogP contribution in [0.15, 0.2) is 54.7 Å². The summed E-state index contributed by atoms with van der Waals surface area (Å²) in [4.78, 5) is 17.2. The van der Waals surface area contributed by atoms with Gasteiger partial charge in [-0.15, -0.1) is 0 Å². The van der Waals surface area contributed by atoms with Crippen LogP contribution in [0.25, 0.3) is 10.9 Å². The number of nitrogens with one attached hydrogen (secondary N) is 1.